The standard InChI is InChI=1S/C21H17ClN2O5/c1-3-10-29-18-12-16(28-2)9-4-13(18)11-17-19(25)23-21(27)24(20(17)26)15-7-5-14(22)6-8-15/h3-9,11-12H,1,10H2,2H3,(H,23,25,27)/b17-11+. The Hall–Kier alpha value is -3.58. The number of carbonyl (C=O) groups excluding carboxylic acids is 3. The summed E-state index contributed by atoms with van der Waals surface area (Å²) in [6, 6.07) is 10.2. The summed E-state index contributed by atoms with van der Waals surface area (Å²) < 4.78 is 10.8. The van der Waals surface area contributed by atoms with Crippen molar-refractivity contribution < 1.29 is 23.9 Å². The van der Waals surface area contributed by atoms with E-state index in [-0.39, 0.29) is 17.9 Å². The minimum Gasteiger partial charge on any atom is -0.497 e. The first-order chi connectivity index (χ1) is 13.9. The third kappa shape index (κ3) is 4.30. The highest BCUT2D eigenvalue weighted by atomic mass is 35.5. The van der Waals surface area contributed by atoms with Crippen LogP contribution in [0.1, 0.15) is 5.56 Å². The molecule has 3 rings (SSSR count). The third-order valence-corrected chi connectivity index (χ3v) is 4.32. The lowest BCUT2D eigenvalue weighted by Crippen LogP contribution is -2.54. The van der Waals surface area contributed by atoms with Gasteiger partial charge in [0, 0.05) is 16.7 Å². The Balaban J connectivity index is 2.02. The molecule has 148 valence electrons. The maximum atomic E-state index is 12.9. The highest BCUT2D eigenvalue weighted by Crippen LogP contribution is 2.29. The molecule has 2 aromatic carbocycles. The average molecular weight is 413 g/mol. The van der Waals surface area contributed by atoms with Crippen LogP contribution in [0.3, 0.4) is 0 Å². The van der Waals surface area contributed by atoms with Gasteiger partial charge in [0.25, 0.3) is 11.8 Å². The molecule has 1 heterocycles. The lowest BCUT2D eigenvalue weighted by atomic mass is 10.1. The molecular weight excluding hydrogens is 396 g/mol. The maximum absolute atomic E-state index is 12.9. The first-order valence-corrected chi connectivity index (χ1v) is 8.91. The summed E-state index contributed by atoms with van der Waals surface area (Å²) in [5, 5.41) is 2.62. The Morgan fingerprint density at radius 1 is 1.14 bits per heavy atom. The van der Waals surface area contributed by atoms with Crippen molar-refractivity contribution in [3.8, 4) is 11.5 Å². The number of halogens is 1. The van der Waals surface area contributed by atoms with E-state index in [1.165, 1.54) is 25.3 Å². The SMILES string of the molecule is C=CCOc1cc(OC)ccc1/C=C1\C(=O)NC(=O)N(c2ccc(Cl)cc2)C1=O. The van der Waals surface area contributed by atoms with Crippen molar-refractivity contribution in [3.05, 3.63) is 71.3 Å². The number of carbonyl (C=O) groups is 3. The molecule has 0 unspecified atom stereocenters. The number of hydrogen-bond donors (Lipinski definition) is 1. The fourth-order valence-corrected chi connectivity index (χ4v) is 2.80. The van der Waals surface area contributed by atoms with Crippen LogP contribution >= 0.6 is 11.6 Å². The molecule has 1 N–H and O–H groups in total. The number of barbiturate groups is 1. The maximum Gasteiger partial charge on any atom is 0.335 e. The van der Waals surface area contributed by atoms with E-state index in [0.29, 0.717) is 22.1 Å². The van der Waals surface area contributed by atoms with Gasteiger partial charge in [0.05, 0.1) is 12.8 Å². The topological polar surface area (TPSA) is 84.9 Å². The molecule has 1 aliphatic rings. The summed E-state index contributed by atoms with van der Waals surface area (Å²) in [5.41, 5.74) is 0.540. The number of amides is 4. The summed E-state index contributed by atoms with van der Waals surface area (Å²) in [7, 11) is 1.51. The quantitative estimate of drug-likeness (QED) is 0.445. The van der Waals surface area contributed by atoms with Crippen LogP contribution in [0, 0.1) is 0 Å². The normalized spacial score (nSPS) is 15.3. The van der Waals surface area contributed by atoms with Crippen LogP contribution in [0.5, 0.6) is 11.5 Å². The number of rotatable bonds is 6. The molecule has 8 heteroatoms. The van der Waals surface area contributed by atoms with Crippen LogP contribution in [-0.2, 0) is 9.59 Å². The molecule has 4 amide bonds. The fraction of sp³-hybridized carbons (Fsp3) is 0.0952. The molecule has 1 aliphatic heterocycles. The van der Waals surface area contributed by atoms with Gasteiger partial charge in [-0.05, 0) is 42.5 Å². The van der Waals surface area contributed by atoms with Crippen molar-refractivity contribution in [1.29, 1.82) is 0 Å². The van der Waals surface area contributed by atoms with Crippen molar-refractivity contribution >= 4 is 41.2 Å². The van der Waals surface area contributed by atoms with E-state index in [1.807, 2.05) is 0 Å². The molecule has 0 saturated carbocycles. The summed E-state index contributed by atoms with van der Waals surface area (Å²) in [6.45, 7) is 3.82. The van der Waals surface area contributed by atoms with E-state index in [1.54, 1.807) is 36.4 Å². The van der Waals surface area contributed by atoms with E-state index in [9.17, 15) is 14.4 Å². The first kappa shape index (κ1) is 20.2. The number of urea groups is 1. The van der Waals surface area contributed by atoms with Gasteiger partial charge in [0.15, 0.2) is 0 Å². The van der Waals surface area contributed by atoms with Crippen LogP contribution in [0.15, 0.2) is 60.7 Å². The monoisotopic (exact) mass is 412 g/mol. The zero-order valence-electron chi connectivity index (χ0n) is 15.5. The molecule has 0 spiro atoms. The third-order valence-electron chi connectivity index (χ3n) is 4.06. The summed E-state index contributed by atoms with van der Waals surface area (Å²) in [6.07, 6.45) is 2.93. The van der Waals surface area contributed by atoms with E-state index in [0.717, 1.165) is 4.90 Å². The largest absolute Gasteiger partial charge is 0.497 e. The molecule has 1 fully saturated rings. The molecule has 2 aromatic rings. The van der Waals surface area contributed by atoms with Gasteiger partial charge in [-0.15, -0.1) is 0 Å². The van der Waals surface area contributed by atoms with Crippen LogP contribution in [-0.4, -0.2) is 31.6 Å². The van der Waals surface area contributed by atoms with Gasteiger partial charge in [-0.25, -0.2) is 9.69 Å². The van der Waals surface area contributed by atoms with Crippen LogP contribution < -0.4 is 19.7 Å². The van der Waals surface area contributed by atoms with Crippen LogP contribution in [0.2, 0.25) is 5.02 Å². The molecule has 7 nitrogen and oxygen atoms in total. The van der Waals surface area contributed by atoms with Crippen LogP contribution in [0.4, 0.5) is 10.5 Å². The summed E-state index contributed by atoms with van der Waals surface area (Å²) in [4.78, 5) is 38.4. The highest BCUT2D eigenvalue weighted by molar-refractivity contribution is 6.39. The Kier molecular flexibility index (Phi) is 5.99. The van der Waals surface area contributed by atoms with Gasteiger partial charge < -0.3 is 9.47 Å². The van der Waals surface area contributed by atoms with E-state index >= 15 is 0 Å². The summed E-state index contributed by atoms with van der Waals surface area (Å²) >= 11 is 5.87. The van der Waals surface area contributed by atoms with Crippen molar-refractivity contribution in [2.24, 2.45) is 0 Å². The minimum absolute atomic E-state index is 0.215. The first-order valence-electron chi connectivity index (χ1n) is 8.53. The number of imide groups is 2. The average Bonchev–Trinajstić information content (AvgIpc) is 2.71. The predicted molar refractivity (Wildman–Crippen MR) is 109 cm³/mol. The van der Waals surface area contributed by atoms with Gasteiger partial charge >= 0.3 is 6.03 Å². The van der Waals surface area contributed by atoms with Crippen molar-refractivity contribution in [1.82, 2.24) is 5.32 Å². The van der Waals surface area contributed by atoms with Gasteiger partial charge in [-0.3, -0.25) is 14.9 Å². The number of hydrogen-bond acceptors (Lipinski definition) is 5. The number of nitrogens with zero attached hydrogens (tertiary/aromatic N) is 1. The molecule has 0 aromatic heterocycles. The molecule has 0 radical (unpaired) electrons. The zero-order chi connectivity index (χ0) is 21.0. The van der Waals surface area contributed by atoms with E-state index < -0.39 is 17.8 Å². The number of methoxy groups -OCH3 is 1. The number of nitrogens with one attached hydrogen (secondary N) is 1. The van der Waals surface area contributed by atoms with Crippen molar-refractivity contribution in [2.75, 3.05) is 18.6 Å². The van der Waals surface area contributed by atoms with Crippen LogP contribution in [0.25, 0.3) is 6.08 Å². The molecule has 0 atom stereocenters. The molecular formula is C21H17ClN2O5. The second-order valence-electron chi connectivity index (χ2n) is 5.94. The molecule has 1 saturated heterocycles. The Morgan fingerprint density at radius 2 is 1.86 bits per heavy atom. The Bertz CT molecular complexity index is 1010. The lowest BCUT2D eigenvalue weighted by Gasteiger charge is -2.26. The fourth-order valence-electron chi connectivity index (χ4n) is 2.67. The van der Waals surface area contributed by atoms with Gasteiger partial charge in [-0.2, -0.15) is 0 Å². The predicted octanol–water partition coefficient (Wildman–Crippen LogP) is 3.58. The smallest absolute Gasteiger partial charge is 0.335 e. The van der Waals surface area contributed by atoms with Gasteiger partial charge in [0.2, 0.25) is 0 Å². The molecule has 29 heavy (non-hydrogen) atoms. The van der Waals surface area contributed by atoms with Crippen molar-refractivity contribution in [3.63, 3.8) is 0 Å². The summed E-state index contributed by atoms with van der Waals surface area (Å²) in [5.74, 6) is -0.613. The lowest BCUT2D eigenvalue weighted by molar-refractivity contribution is -0.122. The minimum atomic E-state index is -0.836. The highest BCUT2D eigenvalue weighted by Gasteiger charge is 2.37. The number of benzene rings is 2. The van der Waals surface area contributed by atoms with Gasteiger partial charge in [-0.1, -0.05) is 24.3 Å². The zero-order valence-corrected chi connectivity index (χ0v) is 16.2. The second-order valence-corrected chi connectivity index (χ2v) is 6.37. The molecule has 0 aliphatic carbocycles. The Morgan fingerprint density at radius 3 is 2.52 bits per heavy atom. The number of ether oxygens (including phenoxy) is 2. The van der Waals surface area contributed by atoms with Crippen molar-refractivity contribution in [2.45, 2.75) is 0 Å². The second kappa shape index (κ2) is 8.62. The molecule has 0 bridgehead atoms. The van der Waals surface area contributed by atoms with E-state index in [2.05, 4.69) is 11.9 Å². The number of anilines is 1. The Labute approximate surface area is 172 Å². The van der Waals surface area contributed by atoms with E-state index in [4.69, 9.17) is 21.1 Å². The van der Waals surface area contributed by atoms with Gasteiger partial charge in [0.1, 0.15) is 23.7 Å².